The van der Waals surface area contributed by atoms with Crippen LogP contribution < -0.4 is 9.47 Å². The zero-order valence-electron chi connectivity index (χ0n) is 14.9. The van der Waals surface area contributed by atoms with Gasteiger partial charge in [0.2, 0.25) is 5.82 Å². The lowest BCUT2D eigenvalue weighted by atomic mass is 9.96. The Bertz CT molecular complexity index is 939. The first-order valence-corrected chi connectivity index (χ1v) is 8.91. The number of nitrogens with zero attached hydrogens (tertiary/aromatic N) is 2. The number of allylic oxidation sites excluding steroid dienone is 1. The highest BCUT2D eigenvalue weighted by Gasteiger charge is 2.20. The Hall–Kier alpha value is -3.02. The lowest BCUT2D eigenvalue weighted by Crippen LogP contribution is -2.00. The van der Waals surface area contributed by atoms with Crippen LogP contribution >= 0.6 is 0 Å². The van der Waals surface area contributed by atoms with Crippen molar-refractivity contribution < 1.29 is 14.0 Å². The summed E-state index contributed by atoms with van der Waals surface area (Å²) in [5.41, 5.74) is 4.18. The first-order chi connectivity index (χ1) is 12.8. The van der Waals surface area contributed by atoms with Gasteiger partial charge in [-0.2, -0.15) is 4.98 Å². The minimum absolute atomic E-state index is 0.465. The molecule has 0 atom stereocenters. The summed E-state index contributed by atoms with van der Waals surface area (Å²) in [5, 5.41) is 4.19. The predicted molar refractivity (Wildman–Crippen MR) is 98.3 cm³/mol. The fourth-order valence-electron chi connectivity index (χ4n) is 3.18. The molecular formula is C20H21N3O3. The van der Waals surface area contributed by atoms with Crippen molar-refractivity contribution >= 4 is 5.57 Å². The second-order valence-corrected chi connectivity index (χ2v) is 5.98. The number of fused-ring (bicyclic) bond motifs is 1. The van der Waals surface area contributed by atoms with Crippen LogP contribution in [0, 0.1) is 0 Å². The van der Waals surface area contributed by atoms with E-state index in [9.17, 15) is 0 Å². The number of hydrogen-bond acceptors (Lipinski definition) is 5. The SMILES string of the molecule is CCOc1ccc(-c2nc(C3=CCCc4[nH]ccc43)no2)cc1OCC. The Kier molecular flexibility index (Phi) is 4.48. The standard InChI is InChI=1S/C20H21N3O3/c1-3-24-17-9-8-13(12-18(17)25-4-2)20-22-19(23-26-20)15-6-5-7-16-14(15)10-11-21-16/h6,8-12,21H,3-5,7H2,1-2H3. The maximum atomic E-state index is 5.68. The maximum Gasteiger partial charge on any atom is 0.258 e. The van der Waals surface area contributed by atoms with Crippen molar-refractivity contribution in [3.63, 3.8) is 0 Å². The van der Waals surface area contributed by atoms with E-state index in [1.165, 1.54) is 5.69 Å². The number of rotatable bonds is 6. The lowest BCUT2D eigenvalue weighted by Gasteiger charge is -2.11. The van der Waals surface area contributed by atoms with Gasteiger partial charge in [-0.1, -0.05) is 11.2 Å². The number of aromatic amines is 1. The predicted octanol–water partition coefficient (Wildman–Crippen LogP) is 4.24. The molecule has 134 valence electrons. The van der Waals surface area contributed by atoms with Gasteiger partial charge < -0.3 is 19.0 Å². The van der Waals surface area contributed by atoms with E-state index < -0.39 is 0 Å². The minimum atomic E-state index is 0.465. The van der Waals surface area contributed by atoms with Crippen molar-refractivity contribution in [1.82, 2.24) is 15.1 Å². The van der Waals surface area contributed by atoms with Crippen molar-refractivity contribution in [1.29, 1.82) is 0 Å². The highest BCUT2D eigenvalue weighted by atomic mass is 16.5. The van der Waals surface area contributed by atoms with Crippen molar-refractivity contribution in [3.8, 4) is 23.0 Å². The average molecular weight is 351 g/mol. The molecule has 3 aromatic rings. The van der Waals surface area contributed by atoms with E-state index in [4.69, 9.17) is 14.0 Å². The molecule has 2 heterocycles. The molecule has 0 bridgehead atoms. The number of aromatic nitrogens is 3. The number of H-pyrrole nitrogens is 1. The zero-order valence-corrected chi connectivity index (χ0v) is 14.9. The molecule has 0 fully saturated rings. The van der Waals surface area contributed by atoms with E-state index in [0.29, 0.717) is 36.4 Å². The molecule has 0 saturated heterocycles. The smallest absolute Gasteiger partial charge is 0.258 e. The molecule has 1 aromatic carbocycles. The molecule has 6 heteroatoms. The molecule has 0 spiro atoms. The molecule has 1 N–H and O–H groups in total. The average Bonchev–Trinajstić information content (AvgIpc) is 3.33. The van der Waals surface area contributed by atoms with E-state index in [1.807, 2.05) is 38.2 Å². The van der Waals surface area contributed by atoms with Gasteiger partial charge in [0, 0.05) is 28.6 Å². The largest absolute Gasteiger partial charge is 0.490 e. The third kappa shape index (κ3) is 2.98. The quantitative estimate of drug-likeness (QED) is 0.719. The molecule has 0 radical (unpaired) electrons. The molecule has 6 nitrogen and oxygen atoms in total. The second kappa shape index (κ2) is 7.07. The van der Waals surface area contributed by atoms with Crippen molar-refractivity contribution in [2.75, 3.05) is 13.2 Å². The molecule has 2 aromatic heterocycles. The van der Waals surface area contributed by atoms with Gasteiger partial charge in [-0.15, -0.1) is 0 Å². The first kappa shape index (κ1) is 16.4. The molecular weight excluding hydrogens is 330 g/mol. The summed E-state index contributed by atoms with van der Waals surface area (Å²) in [4.78, 5) is 7.88. The third-order valence-corrected chi connectivity index (χ3v) is 4.32. The fraction of sp³-hybridized carbons (Fsp3) is 0.300. The van der Waals surface area contributed by atoms with Crippen molar-refractivity contribution in [3.05, 3.63) is 53.6 Å². The number of hydrogen-bond donors (Lipinski definition) is 1. The molecule has 0 saturated carbocycles. The van der Waals surface area contributed by atoms with Crippen LogP contribution in [0.2, 0.25) is 0 Å². The Balaban J connectivity index is 1.66. The van der Waals surface area contributed by atoms with E-state index in [0.717, 1.165) is 29.5 Å². The number of ether oxygens (including phenoxy) is 2. The van der Waals surface area contributed by atoms with Gasteiger partial charge in [-0.3, -0.25) is 0 Å². The van der Waals surface area contributed by atoms with Gasteiger partial charge in [0.05, 0.1) is 13.2 Å². The number of aryl methyl sites for hydroxylation is 1. The van der Waals surface area contributed by atoms with Crippen LogP contribution in [0.4, 0.5) is 0 Å². The molecule has 1 aliphatic rings. The van der Waals surface area contributed by atoms with Gasteiger partial charge in [0.25, 0.3) is 5.89 Å². The zero-order chi connectivity index (χ0) is 17.9. The van der Waals surface area contributed by atoms with Crippen LogP contribution in [0.25, 0.3) is 17.0 Å². The van der Waals surface area contributed by atoms with Crippen LogP contribution in [0.1, 0.15) is 37.4 Å². The maximum absolute atomic E-state index is 5.68. The van der Waals surface area contributed by atoms with Gasteiger partial charge in [0.15, 0.2) is 11.5 Å². The summed E-state index contributed by atoms with van der Waals surface area (Å²) < 4.78 is 16.8. The monoisotopic (exact) mass is 351 g/mol. The fourth-order valence-corrected chi connectivity index (χ4v) is 3.18. The molecule has 0 amide bonds. The Morgan fingerprint density at radius 2 is 1.96 bits per heavy atom. The number of benzene rings is 1. The van der Waals surface area contributed by atoms with Gasteiger partial charge in [-0.05, 0) is 51.0 Å². The van der Waals surface area contributed by atoms with Crippen LogP contribution in [0.3, 0.4) is 0 Å². The third-order valence-electron chi connectivity index (χ3n) is 4.32. The van der Waals surface area contributed by atoms with Crippen LogP contribution in [0.15, 0.2) is 41.1 Å². The Morgan fingerprint density at radius 1 is 1.12 bits per heavy atom. The summed E-state index contributed by atoms with van der Waals surface area (Å²) in [5.74, 6) is 2.46. The second-order valence-electron chi connectivity index (χ2n) is 5.98. The summed E-state index contributed by atoms with van der Waals surface area (Å²) in [6, 6.07) is 7.71. The molecule has 1 aliphatic carbocycles. The lowest BCUT2D eigenvalue weighted by molar-refractivity contribution is 0.288. The van der Waals surface area contributed by atoms with Crippen molar-refractivity contribution in [2.45, 2.75) is 26.7 Å². The number of nitrogens with one attached hydrogen (secondary N) is 1. The van der Waals surface area contributed by atoms with Gasteiger partial charge >= 0.3 is 0 Å². The summed E-state index contributed by atoms with van der Waals surface area (Å²) in [6.45, 7) is 5.03. The summed E-state index contributed by atoms with van der Waals surface area (Å²) in [6.07, 6.45) is 6.08. The van der Waals surface area contributed by atoms with E-state index in [2.05, 4.69) is 27.3 Å². The van der Waals surface area contributed by atoms with Crippen LogP contribution in [-0.4, -0.2) is 28.3 Å². The topological polar surface area (TPSA) is 73.2 Å². The van der Waals surface area contributed by atoms with Gasteiger partial charge in [0.1, 0.15) is 0 Å². The summed E-state index contributed by atoms with van der Waals surface area (Å²) in [7, 11) is 0. The highest BCUT2D eigenvalue weighted by Crippen LogP contribution is 2.34. The van der Waals surface area contributed by atoms with E-state index >= 15 is 0 Å². The first-order valence-electron chi connectivity index (χ1n) is 8.91. The molecule has 0 aliphatic heterocycles. The summed E-state index contributed by atoms with van der Waals surface area (Å²) >= 11 is 0. The molecule has 0 unspecified atom stereocenters. The van der Waals surface area contributed by atoms with Gasteiger partial charge in [-0.25, -0.2) is 0 Å². The van der Waals surface area contributed by atoms with Crippen LogP contribution in [-0.2, 0) is 6.42 Å². The van der Waals surface area contributed by atoms with E-state index in [1.54, 1.807) is 0 Å². The highest BCUT2D eigenvalue weighted by molar-refractivity contribution is 5.79. The normalized spacial score (nSPS) is 13.2. The van der Waals surface area contributed by atoms with Crippen molar-refractivity contribution in [2.24, 2.45) is 0 Å². The van der Waals surface area contributed by atoms with E-state index in [-0.39, 0.29) is 0 Å². The molecule has 26 heavy (non-hydrogen) atoms. The van der Waals surface area contributed by atoms with Crippen LogP contribution in [0.5, 0.6) is 11.5 Å². The molecule has 4 rings (SSSR count). The minimum Gasteiger partial charge on any atom is -0.490 e. The Morgan fingerprint density at radius 3 is 2.81 bits per heavy atom. The Labute approximate surface area is 151 Å².